The second-order valence-electron chi connectivity index (χ2n) is 5.19. The van der Waals surface area contributed by atoms with E-state index in [9.17, 15) is 9.18 Å². The highest BCUT2D eigenvalue weighted by atomic mass is 19.1. The van der Waals surface area contributed by atoms with Gasteiger partial charge in [-0.05, 0) is 35.2 Å². The molecule has 1 aliphatic rings. The molecule has 0 spiro atoms. The lowest BCUT2D eigenvalue weighted by Crippen LogP contribution is -2.31. The number of benzene rings is 2. The predicted octanol–water partition coefficient (Wildman–Crippen LogP) is 2.97. The Bertz CT molecular complexity index is 636. The van der Waals surface area contributed by atoms with Gasteiger partial charge in [0.2, 0.25) is 5.91 Å². The van der Waals surface area contributed by atoms with Crippen LogP contribution in [0.5, 0.6) is 0 Å². The third kappa shape index (κ3) is 2.20. The van der Waals surface area contributed by atoms with Gasteiger partial charge < -0.3 is 4.90 Å². The minimum atomic E-state index is -0.334. The molecule has 2 aromatic rings. The summed E-state index contributed by atoms with van der Waals surface area (Å²) in [5.74, 6) is -0.544. The van der Waals surface area contributed by atoms with Crippen LogP contribution in [0.1, 0.15) is 22.6 Å². The predicted molar refractivity (Wildman–Crippen MR) is 76.0 cm³/mol. The summed E-state index contributed by atoms with van der Waals surface area (Å²) >= 11 is 0. The molecular weight excluding hydrogens is 253 g/mol. The van der Waals surface area contributed by atoms with Crippen molar-refractivity contribution >= 4 is 5.91 Å². The monoisotopic (exact) mass is 269 g/mol. The van der Waals surface area contributed by atoms with Gasteiger partial charge in [0.25, 0.3) is 0 Å². The number of carbonyl (C=O) groups excluding carboxylic acids is 1. The van der Waals surface area contributed by atoms with Crippen LogP contribution in [-0.2, 0) is 11.2 Å². The van der Waals surface area contributed by atoms with E-state index >= 15 is 0 Å². The van der Waals surface area contributed by atoms with Crippen molar-refractivity contribution in [2.24, 2.45) is 0 Å². The number of hydrogen-bond donors (Lipinski definition) is 0. The Hall–Kier alpha value is -2.16. The first-order valence-electron chi connectivity index (χ1n) is 6.75. The molecule has 0 N–H and O–H groups in total. The summed E-state index contributed by atoms with van der Waals surface area (Å²) in [5, 5.41) is 0. The molecule has 20 heavy (non-hydrogen) atoms. The van der Waals surface area contributed by atoms with Crippen LogP contribution < -0.4 is 0 Å². The normalized spacial score (nSPS) is 18.6. The first-order valence-corrected chi connectivity index (χ1v) is 6.75. The fourth-order valence-electron chi connectivity index (χ4n) is 2.77. The zero-order chi connectivity index (χ0) is 14.1. The second-order valence-corrected chi connectivity index (χ2v) is 5.19. The number of likely N-dealkylation sites (N-methyl/N-ethyl adjacent to an activating group) is 1. The summed E-state index contributed by atoms with van der Waals surface area (Å²) in [7, 11) is 1.82. The number of amides is 1. The number of fused-ring (bicyclic) bond motifs is 1. The van der Waals surface area contributed by atoms with Crippen molar-refractivity contribution in [2.45, 2.75) is 12.3 Å². The van der Waals surface area contributed by atoms with Gasteiger partial charge in [-0.2, -0.15) is 0 Å². The molecule has 0 saturated carbocycles. The molecular formula is C17H16FNO. The van der Waals surface area contributed by atoms with Crippen molar-refractivity contribution in [2.75, 3.05) is 13.6 Å². The van der Waals surface area contributed by atoms with E-state index in [2.05, 4.69) is 6.07 Å². The number of carbonyl (C=O) groups is 1. The van der Waals surface area contributed by atoms with Gasteiger partial charge in [-0.3, -0.25) is 4.79 Å². The minimum Gasteiger partial charge on any atom is -0.345 e. The maximum absolute atomic E-state index is 13.1. The van der Waals surface area contributed by atoms with Gasteiger partial charge in [0, 0.05) is 13.6 Å². The fraction of sp³-hybridized carbons (Fsp3) is 0.235. The lowest BCUT2D eigenvalue weighted by Gasteiger charge is -2.21. The van der Waals surface area contributed by atoms with Crippen LogP contribution >= 0.6 is 0 Å². The van der Waals surface area contributed by atoms with Crippen LogP contribution in [0, 0.1) is 5.82 Å². The molecule has 1 atom stereocenters. The Morgan fingerprint density at radius 3 is 2.55 bits per heavy atom. The summed E-state index contributed by atoms with van der Waals surface area (Å²) in [6.07, 6.45) is 0.857. The van der Waals surface area contributed by atoms with E-state index in [-0.39, 0.29) is 17.6 Å². The lowest BCUT2D eigenvalue weighted by atomic mass is 9.87. The molecule has 3 heteroatoms. The fourth-order valence-corrected chi connectivity index (χ4v) is 2.77. The van der Waals surface area contributed by atoms with Gasteiger partial charge in [-0.25, -0.2) is 4.39 Å². The number of rotatable bonds is 1. The van der Waals surface area contributed by atoms with E-state index in [1.807, 2.05) is 25.2 Å². The minimum absolute atomic E-state index is 0.0709. The highest BCUT2D eigenvalue weighted by Gasteiger charge is 2.30. The Morgan fingerprint density at radius 2 is 1.80 bits per heavy atom. The molecule has 0 aliphatic carbocycles. The second kappa shape index (κ2) is 5.08. The molecule has 3 rings (SSSR count). The highest BCUT2D eigenvalue weighted by molar-refractivity contribution is 5.88. The third-order valence-corrected chi connectivity index (χ3v) is 3.91. The molecule has 0 radical (unpaired) electrons. The molecule has 2 nitrogen and oxygen atoms in total. The summed E-state index contributed by atoms with van der Waals surface area (Å²) in [6, 6.07) is 14.2. The standard InChI is InChI=1S/C17H16FNO/c1-19-11-10-12-4-2-3-5-15(12)16(17(19)20)13-6-8-14(18)9-7-13/h2-9,16H,10-11H2,1H3. The zero-order valence-electron chi connectivity index (χ0n) is 11.3. The Morgan fingerprint density at radius 1 is 1.10 bits per heavy atom. The maximum Gasteiger partial charge on any atom is 0.234 e. The van der Waals surface area contributed by atoms with Crippen molar-refractivity contribution in [1.29, 1.82) is 0 Å². The van der Waals surface area contributed by atoms with E-state index < -0.39 is 0 Å². The summed E-state index contributed by atoms with van der Waals surface area (Å²) in [6.45, 7) is 0.716. The molecule has 1 heterocycles. The SMILES string of the molecule is CN1CCc2ccccc2C(c2ccc(F)cc2)C1=O. The Balaban J connectivity index is 2.14. The van der Waals surface area contributed by atoms with Crippen molar-refractivity contribution in [1.82, 2.24) is 4.90 Å². The summed E-state index contributed by atoms with van der Waals surface area (Å²) in [5.41, 5.74) is 3.07. The van der Waals surface area contributed by atoms with E-state index in [1.165, 1.54) is 17.7 Å². The average molecular weight is 269 g/mol. The lowest BCUT2D eigenvalue weighted by molar-refractivity contribution is -0.130. The summed E-state index contributed by atoms with van der Waals surface area (Å²) < 4.78 is 13.1. The van der Waals surface area contributed by atoms with Crippen LogP contribution in [-0.4, -0.2) is 24.4 Å². The molecule has 0 saturated heterocycles. The van der Waals surface area contributed by atoms with Crippen molar-refractivity contribution < 1.29 is 9.18 Å². The molecule has 0 aromatic heterocycles. The van der Waals surface area contributed by atoms with Gasteiger partial charge in [-0.1, -0.05) is 36.4 Å². The van der Waals surface area contributed by atoms with Gasteiger partial charge in [0.15, 0.2) is 0 Å². The Kier molecular flexibility index (Phi) is 3.26. The van der Waals surface area contributed by atoms with Crippen LogP contribution in [0.3, 0.4) is 0 Å². The number of halogens is 1. The topological polar surface area (TPSA) is 20.3 Å². The smallest absolute Gasteiger partial charge is 0.234 e. The van der Waals surface area contributed by atoms with Crippen LogP contribution in [0.2, 0.25) is 0 Å². The van der Waals surface area contributed by atoms with Gasteiger partial charge in [0.1, 0.15) is 5.82 Å². The number of hydrogen-bond acceptors (Lipinski definition) is 1. The van der Waals surface area contributed by atoms with E-state index in [0.717, 1.165) is 17.5 Å². The zero-order valence-corrected chi connectivity index (χ0v) is 11.3. The number of nitrogens with zero attached hydrogens (tertiary/aromatic N) is 1. The van der Waals surface area contributed by atoms with Crippen molar-refractivity contribution in [3.8, 4) is 0 Å². The maximum atomic E-state index is 13.1. The van der Waals surface area contributed by atoms with E-state index in [1.54, 1.807) is 17.0 Å². The van der Waals surface area contributed by atoms with Crippen LogP contribution in [0.25, 0.3) is 0 Å². The molecule has 0 bridgehead atoms. The molecule has 1 amide bonds. The first kappa shape index (κ1) is 12.9. The van der Waals surface area contributed by atoms with E-state index in [4.69, 9.17) is 0 Å². The van der Waals surface area contributed by atoms with E-state index in [0.29, 0.717) is 6.54 Å². The molecule has 1 aliphatic heterocycles. The molecule has 2 aromatic carbocycles. The van der Waals surface area contributed by atoms with Gasteiger partial charge in [-0.15, -0.1) is 0 Å². The van der Waals surface area contributed by atoms with Crippen molar-refractivity contribution in [3.05, 3.63) is 71.0 Å². The molecule has 102 valence electrons. The molecule has 0 fully saturated rings. The van der Waals surface area contributed by atoms with Gasteiger partial charge in [0.05, 0.1) is 5.92 Å². The Labute approximate surface area is 117 Å². The quantitative estimate of drug-likeness (QED) is 0.779. The largest absolute Gasteiger partial charge is 0.345 e. The third-order valence-electron chi connectivity index (χ3n) is 3.91. The average Bonchev–Trinajstić information content (AvgIpc) is 2.59. The van der Waals surface area contributed by atoms with Gasteiger partial charge >= 0.3 is 0 Å². The highest BCUT2D eigenvalue weighted by Crippen LogP contribution is 2.31. The molecule has 1 unspecified atom stereocenters. The van der Waals surface area contributed by atoms with Crippen LogP contribution in [0.15, 0.2) is 48.5 Å². The summed E-state index contributed by atoms with van der Waals surface area (Å²) in [4.78, 5) is 14.4. The van der Waals surface area contributed by atoms with Crippen molar-refractivity contribution in [3.63, 3.8) is 0 Å². The van der Waals surface area contributed by atoms with Crippen LogP contribution in [0.4, 0.5) is 4.39 Å². The first-order chi connectivity index (χ1) is 9.66.